The number of anilines is 1. The molecule has 0 aliphatic carbocycles. The van der Waals surface area contributed by atoms with Gasteiger partial charge in [-0.25, -0.2) is 4.98 Å². The minimum Gasteiger partial charge on any atom is -0.299 e. The summed E-state index contributed by atoms with van der Waals surface area (Å²) in [4.78, 5) is 21.8. The summed E-state index contributed by atoms with van der Waals surface area (Å²) in [6.07, 6.45) is -1.94. The molecular weight excluding hydrogens is 383 g/mol. The molecule has 1 atom stereocenters. The molecule has 4 heterocycles. The van der Waals surface area contributed by atoms with Crippen LogP contribution in [0.4, 0.5) is 18.9 Å². The van der Waals surface area contributed by atoms with Gasteiger partial charge in [0, 0.05) is 23.0 Å². The van der Waals surface area contributed by atoms with Crippen LogP contribution in [0.5, 0.6) is 0 Å². The molecule has 4 rings (SSSR count). The van der Waals surface area contributed by atoms with Crippen LogP contribution in [-0.2, 0) is 4.79 Å². The summed E-state index contributed by atoms with van der Waals surface area (Å²) in [7, 11) is 0. The monoisotopic (exact) mass is 393 g/mol. The quantitative estimate of drug-likeness (QED) is 0.710. The van der Waals surface area contributed by atoms with E-state index in [1.165, 1.54) is 18.5 Å². The smallest absolute Gasteiger partial charge is 0.299 e. The summed E-state index contributed by atoms with van der Waals surface area (Å²) in [5.41, 5.74) is 2.18. The Kier molecular flexibility index (Phi) is 3.99. The van der Waals surface area contributed by atoms with Crippen molar-refractivity contribution in [2.24, 2.45) is 10.2 Å². The number of amides is 1. The highest BCUT2D eigenvalue weighted by atomic mass is 35.5. The standard InChI is InChI=1S/C17H11ClF3N5O/c1-8-9(2-3-14(18)24-8)12-4-13-10(5-22-12)15-11(6-23-25-15)16(27)26(13)7-17(19,20)21/h2-6,15H,7H2,1H3. The van der Waals surface area contributed by atoms with Gasteiger partial charge in [0.25, 0.3) is 5.91 Å². The zero-order valence-electron chi connectivity index (χ0n) is 13.8. The molecule has 27 heavy (non-hydrogen) atoms. The topological polar surface area (TPSA) is 70.8 Å². The van der Waals surface area contributed by atoms with E-state index < -0.39 is 24.7 Å². The lowest BCUT2D eigenvalue weighted by Gasteiger charge is -2.32. The molecule has 2 aliphatic rings. The third-order valence-corrected chi connectivity index (χ3v) is 4.54. The van der Waals surface area contributed by atoms with Crippen molar-refractivity contribution in [2.75, 3.05) is 11.4 Å². The second-order valence-electron chi connectivity index (χ2n) is 6.12. The maximum absolute atomic E-state index is 13.1. The van der Waals surface area contributed by atoms with Crippen molar-refractivity contribution in [1.29, 1.82) is 0 Å². The van der Waals surface area contributed by atoms with Gasteiger partial charge in [-0.2, -0.15) is 23.4 Å². The average Bonchev–Trinajstić information content (AvgIpc) is 3.07. The SMILES string of the molecule is Cc1nc(Cl)ccc1-c1cc2c(cn1)C1N=NC=C1C(=O)N2CC(F)(F)F. The van der Waals surface area contributed by atoms with Crippen LogP contribution >= 0.6 is 11.6 Å². The van der Waals surface area contributed by atoms with Crippen LogP contribution in [0.25, 0.3) is 11.3 Å². The van der Waals surface area contributed by atoms with Crippen LogP contribution in [0.2, 0.25) is 5.15 Å². The Morgan fingerprint density at radius 3 is 2.78 bits per heavy atom. The second-order valence-corrected chi connectivity index (χ2v) is 6.51. The van der Waals surface area contributed by atoms with Gasteiger partial charge in [0.1, 0.15) is 17.7 Å². The summed E-state index contributed by atoms with van der Waals surface area (Å²) in [5.74, 6) is -0.766. The van der Waals surface area contributed by atoms with Crippen molar-refractivity contribution < 1.29 is 18.0 Å². The first-order chi connectivity index (χ1) is 12.7. The van der Waals surface area contributed by atoms with E-state index in [-0.39, 0.29) is 11.3 Å². The number of hydrogen-bond donors (Lipinski definition) is 0. The molecule has 0 aromatic carbocycles. The Hall–Kier alpha value is -2.81. The van der Waals surface area contributed by atoms with Gasteiger partial charge in [-0.15, -0.1) is 0 Å². The lowest BCUT2D eigenvalue weighted by atomic mass is 9.93. The van der Waals surface area contributed by atoms with Crippen molar-refractivity contribution in [3.05, 3.63) is 52.6 Å². The van der Waals surface area contributed by atoms with Crippen molar-refractivity contribution in [3.8, 4) is 11.3 Å². The lowest BCUT2D eigenvalue weighted by Crippen LogP contribution is -2.43. The minimum absolute atomic E-state index is 0.102. The maximum atomic E-state index is 13.1. The van der Waals surface area contributed by atoms with Gasteiger partial charge < -0.3 is 0 Å². The number of rotatable bonds is 2. The predicted octanol–water partition coefficient (Wildman–Crippen LogP) is 4.41. The highest BCUT2D eigenvalue weighted by Crippen LogP contribution is 2.44. The Bertz CT molecular complexity index is 1020. The van der Waals surface area contributed by atoms with E-state index >= 15 is 0 Å². The number of carbonyl (C=O) groups is 1. The zero-order valence-corrected chi connectivity index (χ0v) is 14.6. The highest BCUT2D eigenvalue weighted by molar-refractivity contribution is 6.29. The number of aryl methyl sites for hydroxylation is 1. The molecule has 1 amide bonds. The summed E-state index contributed by atoms with van der Waals surface area (Å²) >= 11 is 5.86. The van der Waals surface area contributed by atoms with E-state index in [1.54, 1.807) is 19.1 Å². The molecule has 0 fully saturated rings. The van der Waals surface area contributed by atoms with Crippen LogP contribution in [-0.4, -0.2) is 28.6 Å². The Morgan fingerprint density at radius 1 is 1.30 bits per heavy atom. The normalized spacial score (nSPS) is 18.4. The average molecular weight is 394 g/mol. The van der Waals surface area contributed by atoms with Gasteiger partial charge in [0.15, 0.2) is 0 Å². The maximum Gasteiger partial charge on any atom is 0.406 e. The molecule has 2 aromatic heterocycles. The summed E-state index contributed by atoms with van der Waals surface area (Å²) < 4.78 is 39.2. The van der Waals surface area contributed by atoms with Crippen molar-refractivity contribution in [3.63, 3.8) is 0 Å². The van der Waals surface area contributed by atoms with Crippen LogP contribution in [0, 0.1) is 6.92 Å². The Balaban J connectivity index is 1.87. The highest BCUT2D eigenvalue weighted by Gasteiger charge is 2.43. The van der Waals surface area contributed by atoms with E-state index in [0.29, 0.717) is 32.6 Å². The number of nitrogens with zero attached hydrogens (tertiary/aromatic N) is 5. The molecule has 0 saturated heterocycles. The van der Waals surface area contributed by atoms with Crippen molar-refractivity contribution in [2.45, 2.75) is 19.1 Å². The summed E-state index contributed by atoms with van der Waals surface area (Å²) in [6, 6.07) is 3.96. The minimum atomic E-state index is -4.56. The van der Waals surface area contributed by atoms with Crippen LogP contribution in [0.1, 0.15) is 17.3 Å². The van der Waals surface area contributed by atoms with E-state index in [2.05, 4.69) is 20.2 Å². The van der Waals surface area contributed by atoms with E-state index in [4.69, 9.17) is 11.6 Å². The number of pyridine rings is 2. The molecular formula is C17H11ClF3N5O. The van der Waals surface area contributed by atoms with E-state index in [9.17, 15) is 18.0 Å². The third-order valence-electron chi connectivity index (χ3n) is 4.33. The van der Waals surface area contributed by atoms with Crippen LogP contribution in [0.15, 0.2) is 46.4 Å². The molecule has 0 N–H and O–H groups in total. The number of aromatic nitrogens is 2. The van der Waals surface area contributed by atoms with E-state index in [1.807, 2.05) is 0 Å². The van der Waals surface area contributed by atoms with Gasteiger partial charge in [0.05, 0.1) is 23.2 Å². The van der Waals surface area contributed by atoms with Crippen LogP contribution < -0.4 is 4.90 Å². The second kappa shape index (κ2) is 6.12. The lowest BCUT2D eigenvalue weighted by molar-refractivity contribution is -0.130. The van der Waals surface area contributed by atoms with Crippen molar-refractivity contribution >= 4 is 23.2 Å². The van der Waals surface area contributed by atoms with Crippen molar-refractivity contribution in [1.82, 2.24) is 9.97 Å². The van der Waals surface area contributed by atoms with Gasteiger partial charge in [0.2, 0.25) is 0 Å². The molecule has 0 radical (unpaired) electrons. The first-order valence-corrected chi connectivity index (χ1v) is 8.24. The molecule has 0 saturated carbocycles. The molecule has 138 valence electrons. The molecule has 6 nitrogen and oxygen atoms in total. The van der Waals surface area contributed by atoms with Gasteiger partial charge in [-0.05, 0) is 25.1 Å². The first kappa shape index (κ1) is 17.6. The first-order valence-electron chi connectivity index (χ1n) is 7.87. The number of hydrogen-bond acceptors (Lipinski definition) is 5. The Morgan fingerprint density at radius 2 is 2.07 bits per heavy atom. The Labute approximate surface area is 156 Å². The summed E-state index contributed by atoms with van der Waals surface area (Å²) in [5, 5.41) is 7.94. The fraction of sp³-hybridized carbons (Fsp3) is 0.235. The van der Waals surface area contributed by atoms with Gasteiger partial charge in [-0.1, -0.05) is 11.6 Å². The fourth-order valence-corrected chi connectivity index (χ4v) is 3.34. The molecule has 2 aliphatic heterocycles. The largest absolute Gasteiger partial charge is 0.406 e. The fourth-order valence-electron chi connectivity index (χ4n) is 3.15. The number of azo groups is 1. The third kappa shape index (κ3) is 3.08. The zero-order chi connectivity index (χ0) is 19.3. The molecule has 0 bridgehead atoms. The summed E-state index contributed by atoms with van der Waals surface area (Å²) in [6.45, 7) is 0.303. The molecule has 1 unspecified atom stereocenters. The number of halogens is 4. The number of fused-ring (bicyclic) bond motifs is 3. The number of carbonyl (C=O) groups excluding carboxylic acids is 1. The van der Waals surface area contributed by atoms with Gasteiger partial charge >= 0.3 is 6.18 Å². The van der Waals surface area contributed by atoms with Crippen LogP contribution in [0.3, 0.4) is 0 Å². The van der Waals surface area contributed by atoms with E-state index in [0.717, 1.165) is 0 Å². The molecule has 10 heteroatoms. The van der Waals surface area contributed by atoms with Gasteiger partial charge in [-0.3, -0.25) is 14.7 Å². The molecule has 0 spiro atoms. The predicted molar refractivity (Wildman–Crippen MR) is 91.3 cm³/mol. The molecule has 2 aromatic rings. The number of alkyl halides is 3.